The van der Waals surface area contributed by atoms with Crippen LogP contribution in [0.2, 0.25) is 0 Å². The van der Waals surface area contributed by atoms with Crippen LogP contribution in [0, 0.1) is 0 Å². The van der Waals surface area contributed by atoms with Crippen molar-refractivity contribution in [3.8, 4) is 17.2 Å². The summed E-state index contributed by atoms with van der Waals surface area (Å²) in [5.41, 5.74) is 2.89. The van der Waals surface area contributed by atoms with Gasteiger partial charge in [-0.2, -0.15) is 0 Å². The van der Waals surface area contributed by atoms with E-state index in [0.717, 1.165) is 17.7 Å². The number of para-hydroxylation sites is 2. The minimum absolute atomic E-state index is 0.210. The number of aromatic nitrogens is 1. The van der Waals surface area contributed by atoms with Crippen LogP contribution in [-0.2, 0) is 0 Å². The molecule has 0 saturated carbocycles. The van der Waals surface area contributed by atoms with E-state index in [1.54, 1.807) is 56.7 Å². The van der Waals surface area contributed by atoms with Gasteiger partial charge in [0.1, 0.15) is 11.3 Å². The first kappa shape index (κ1) is 22.1. The lowest BCUT2D eigenvalue weighted by Gasteiger charge is -2.09. The van der Waals surface area contributed by atoms with Gasteiger partial charge in [0.15, 0.2) is 22.9 Å². The highest BCUT2D eigenvalue weighted by Gasteiger charge is 2.21. The Morgan fingerprint density at radius 3 is 2.42 bits per heavy atom. The fourth-order valence-corrected chi connectivity index (χ4v) is 3.40. The number of ketones is 1. The van der Waals surface area contributed by atoms with Crippen molar-refractivity contribution in [3.63, 3.8) is 0 Å². The van der Waals surface area contributed by atoms with E-state index >= 15 is 0 Å². The normalized spacial score (nSPS) is 11.4. The summed E-state index contributed by atoms with van der Waals surface area (Å²) < 4.78 is 22.3. The summed E-state index contributed by atoms with van der Waals surface area (Å²) in [6, 6.07) is 19.9. The fraction of sp³-hybridized carbons (Fsp3) is 0.185. The van der Waals surface area contributed by atoms with Gasteiger partial charge in [-0.25, -0.2) is 4.98 Å². The lowest BCUT2D eigenvalue weighted by atomic mass is 10.0. The summed E-state index contributed by atoms with van der Waals surface area (Å²) in [6.07, 6.45) is 2.66. The molecule has 0 amide bonds. The number of rotatable bonds is 9. The standard InChI is InChI=1S/C27H25NO5/c1-4-15-32-20-12-10-19(11-13-20)26(29)21(27-28-22-7-5-6-8-23(22)33-27)16-18-9-14-24(30-2)25(17-18)31-3/h5-14,16-17H,4,15H2,1-3H3. The highest BCUT2D eigenvalue weighted by molar-refractivity contribution is 6.31. The number of benzene rings is 3. The first-order valence-corrected chi connectivity index (χ1v) is 10.7. The molecule has 1 heterocycles. The molecule has 6 heteroatoms. The van der Waals surface area contributed by atoms with Gasteiger partial charge in [0.05, 0.1) is 26.4 Å². The van der Waals surface area contributed by atoms with Gasteiger partial charge in [-0.1, -0.05) is 25.1 Å². The van der Waals surface area contributed by atoms with Crippen molar-refractivity contribution in [1.82, 2.24) is 4.98 Å². The predicted octanol–water partition coefficient (Wildman–Crippen LogP) is 6.06. The minimum Gasteiger partial charge on any atom is -0.494 e. The van der Waals surface area contributed by atoms with Gasteiger partial charge >= 0.3 is 0 Å². The van der Waals surface area contributed by atoms with Crippen molar-refractivity contribution in [2.24, 2.45) is 0 Å². The van der Waals surface area contributed by atoms with Gasteiger partial charge in [0.2, 0.25) is 5.89 Å². The quantitative estimate of drug-likeness (QED) is 0.231. The number of hydrogen-bond acceptors (Lipinski definition) is 6. The third-order valence-electron chi connectivity index (χ3n) is 5.08. The number of nitrogens with zero attached hydrogens (tertiary/aromatic N) is 1. The first-order valence-electron chi connectivity index (χ1n) is 10.7. The molecule has 4 aromatic rings. The molecule has 0 spiro atoms. The zero-order chi connectivity index (χ0) is 23.2. The van der Waals surface area contributed by atoms with Gasteiger partial charge < -0.3 is 18.6 Å². The molecule has 0 bridgehead atoms. The molecule has 0 atom stereocenters. The van der Waals surface area contributed by atoms with Crippen LogP contribution in [0.15, 0.2) is 71.1 Å². The van der Waals surface area contributed by atoms with E-state index in [9.17, 15) is 4.79 Å². The number of Topliss-reactive ketones (excluding diaryl/α,β-unsaturated/α-hetero) is 1. The summed E-state index contributed by atoms with van der Waals surface area (Å²) in [5.74, 6) is 1.93. The first-order chi connectivity index (χ1) is 16.1. The Kier molecular flexibility index (Phi) is 6.74. The highest BCUT2D eigenvalue weighted by atomic mass is 16.5. The number of allylic oxidation sites excluding steroid dienone is 1. The average molecular weight is 443 g/mol. The summed E-state index contributed by atoms with van der Waals surface area (Å²) in [4.78, 5) is 18.1. The lowest BCUT2D eigenvalue weighted by molar-refractivity contribution is 0.105. The van der Waals surface area contributed by atoms with Crippen molar-refractivity contribution in [3.05, 3.63) is 83.7 Å². The third-order valence-corrected chi connectivity index (χ3v) is 5.08. The Labute approximate surface area is 192 Å². The molecule has 0 saturated heterocycles. The zero-order valence-electron chi connectivity index (χ0n) is 18.8. The minimum atomic E-state index is -0.210. The van der Waals surface area contributed by atoms with Crippen LogP contribution < -0.4 is 14.2 Å². The van der Waals surface area contributed by atoms with E-state index in [4.69, 9.17) is 18.6 Å². The van der Waals surface area contributed by atoms with E-state index in [-0.39, 0.29) is 11.7 Å². The van der Waals surface area contributed by atoms with Gasteiger partial charge in [-0.05, 0) is 66.6 Å². The number of hydrogen-bond donors (Lipinski definition) is 0. The molecule has 0 aliphatic rings. The van der Waals surface area contributed by atoms with Gasteiger partial charge in [0, 0.05) is 5.56 Å². The zero-order valence-corrected chi connectivity index (χ0v) is 18.8. The molecule has 33 heavy (non-hydrogen) atoms. The maximum Gasteiger partial charge on any atom is 0.231 e. The summed E-state index contributed by atoms with van der Waals surface area (Å²) in [7, 11) is 3.15. The van der Waals surface area contributed by atoms with E-state index in [0.29, 0.717) is 40.3 Å². The molecule has 168 valence electrons. The van der Waals surface area contributed by atoms with Crippen LogP contribution in [-0.4, -0.2) is 31.6 Å². The van der Waals surface area contributed by atoms with Crippen molar-refractivity contribution >= 4 is 28.5 Å². The Morgan fingerprint density at radius 2 is 1.73 bits per heavy atom. The smallest absolute Gasteiger partial charge is 0.231 e. The average Bonchev–Trinajstić information content (AvgIpc) is 3.29. The highest BCUT2D eigenvalue weighted by Crippen LogP contribution is 2.31. The number of fused-ring (bicyclic) bond motifs is 1. The van der Waals surface area contributed by atoms with E-state index in [2.05, 4.69) is 4.98 Å². The molecule has 0 aliphatic carbocycles. The van der Waals surface area contributed by atoms with Crippen molar-refractivity contribution in [2.75, 3.05) is 20.8 Å². The molecule has 4 rings (SSSR count). The van der Waals surface area contributed by atoms with Crippen LogP contribution in [0.3, 0.4) is 0 Å². The number of carbonyl (C=O) groups excluding carboxylic acids is 1. The van der Waals surface area contributed by atoms with Crippen LogP contribution in [0.4, 0.5) is 0 Å². The molecular formula is C27H25NO5. The number of carbonyl (C=O) groups is 1. The van der Waals surface area contributed by atoms with Crippen LogP contribution >= 0.6 is 0 Å². The second-order valence-electron chi connectivity index (χ2n) is 7.36. The summed E-state index contributed by atoms with van der Waals surface area (Å²) in [6.45, 7) is 2.67. The molecule has 0 radical (unpaired) electrons. The second kappa shape index (κ2) is 10.0. The molecule has 1 aromatic heterocycles. The number of oxazole rings is 1. The predicted molar refractivity (Wildman–Crippen MR) is 128 cm³/mol. The van der Waals surface area contributed by atoms with Crippen LogP contribution in [0.5, 0.6) is 17.2 Å². The summed E-state index contributed by atoms with van der Waals surface area (Å²) in [5, 5.41) is 0. The summed E-state index contributed by atoms with van der Waals surface area (Å²) >= 11 is 0. The van der Waals surface area contributed by atoms with Crippen LogP contribution in [0.1, 0.15) is 35.2 Å². The van der Waals surface area contributed by atoms with Crippen molar-refractivity contribution < 1.29 is 23.4 Å². The van der Waals surface area contributed by atoms with Crippen LogP contribution in [0.25, 0.3) is 22.7 Å². The monoisotopic (exact) mass is 443 g/mol. The molecule has 0 aliphatic heterocycles. The molecule has 0 unspecified atom stereocenters. The number of ether oxygens (including phenoxy) is 3. The fourth-order valence-electron chi connectivity index (χ4n) is 3.40. The second-order valence-corrected chi connectivity index (χ2v) is 7.36. The maximum atomic E-state index is 13.6. The Hall–Kier alpha value is -4.06. The SMILES string of the molecule is CCCOc1ccc(C(=O)C(=Cc2ccc(OC)c(OC)c2)c2nc3ccccc3o2)cc1. The van der Waals surface area contributed by atoms with Crippen molar-refractivity contribution in [1.29, 1.82) is 0 Å². The Morgan fingerprint density at radius 1 is 0.970 bits per heavy atom. The van der Waals surface area contributed by atoms with E-state index in [1.807, 2.05) is 37.3 Å². The van der Waals surface area contributed by atoms with Gasteiger partial charge in [-0.3, -0.25) is 4.79 Å². The van der Waals surface area contributed by atoms with Crippen molar-refractivity contribution in [2.45, 2.75) is 13.3 Å². The molecule has 0 N–H and O–H groups in total. The molecular weight excluding hydrogens is 418 g/mol. The third kappa shape index (κ3) is 4.90. The lowest BCUT2D eigenvalue weighted by Crippen LogP contribution is -2.04. The molecule has 0 fully saturated rings. The topological polar surface area (TPSA) is 70.8 Å². The van der Waals surface area contributed by atoms with E-state index < -0.39 is 0 Å². The van der Waals surface area contributed by atoms with Gasteiger partial charge in [0.25, 0.3) is 0 Å². The maximum absolute atomic E-state index is 13.6. The number of methoxy groups -OCH3 is 2. The van der Waals surface area contributed by atoms with Gasteiger partial charge in [-0.15, -0.1) is 0 Å². The largest absolute Gasteiger partial charge is 0.494 e. The molecule has 3 aromatic carbocycles. The molecule has 6 nitrogen and oxygen atoms in total. The Bertz CT molecular complexity index is 1250. The van der Waals surface area contributed by atoms with E-state index in [1.165, 1.54) is 0 Å². The Balaban J connectivity index is 1.77.